The normalized spacial score (nSPS) is 21.3. The van der Waals surface area contributed by atoms with Crippen LogP contribution in [0.2, 0.25) is 0 Å². The first-order valence-electron chi connectivity index (χ1n) is 10.4. The summed E-state index contributed by atoms with van der Waals surface area (Å²) in [6.45, 7) is 3.94. The smallest absolute Gasteiger partial charge is 0.292 e. The molecule has 3 heterocycles. The summed E-state index contributed by atoms with van der Waals surface area (Å²) < 4.78 is 10.7. The molecule has 1 aromatic heterocycles. The van der Waals surface area contributed by atoms with Crippen LogP contribution in [-0.2, 0) is 6.54 Å². The van der Waals surface area contributed by atoms with Gasteiger partial charge in [0, 0.05) is 38.2 Å². The Morgan fingerprint density at radius 2 is 2.07 bits per heavy atom. The van der Waals surface area contributed by atoms with Gasteiger partial charge in [0.05, 0.1) is 18.9 Å². The van der Waals surface area contributed by atoms with Crippen LogP contribution in [0.4, 0.5) is 0 Å². The van der Waals surface area contributed by atoms with E-state index in [2.05, 4.69) is 22.2 Å². The number of nitrogens with zero attached hydrogens (tertiary/aromatic N) is 3. The molecule has 2 fully saturated rings. The van der Waals surface area contributed by atoms with Gasteiger partial charge in [-0.1, -0.05) is 17.3 Å². The van der Waals surface area contributed by atoms with Crippen LogP contribution >= 0.6 is 0 Å². The van der Waals surface area contributed by atoms with Crippen LogP contribution in [0.15, 0.2) is 34.9 Å². The van der Waals surface area contributed by atoms with Gasteiger partial charge in [-0.25, -0.2) is 0 Å². The molecule has 2 aliphatic rings. The zero-order chi connectivity index (χ0) is 20.2. The van der Waals surface area contributed by atoms with Crippen molar-refractivity contribution < 1.29 is 19.2 Å². The Kier molecular flexibility index (Phi) is 6.16. The minimum absolute atomic E-state index is 0.125. The second-order valence-corrected chi connectivity index (χ2v) is 8.07. The lowest BCUT2D eigenvalue weighted by Crippen LogP contribution is -2.39. The SMILES string of the molecule is COc1cccc(CN2CCC[C@H](c3cc(C(=O)N4CCC(O)CC4)on3)C2)c1. The number of ether oxygens (including phenoxy) is 1. The number of aliphatic hydroxyl groups is 1. The van der Waals surface area contributed by atoms with Gasteiger partial charge in [-0.05, 0) is 49.9 Å². The Bertz CT molecular complexity index is 829. The highest BCUT2D eigenvalue weighted by Crippen LogP contribution is 2.28. The maximum absolute atomic E-state index is 12.7. The average Bonchev–Trinajstić information content (AvgIpc) is 3.24. The molecule has 1 amide bonds. The highest BCUT2D eigenvalue weighted by molar-refractivity contribution is 5.91. The van der Waals surface area contributed by atoms with E-state index in [9.17, 15) is 9.90 Å². The number of amides is 1. The summed E-state index contributed by atoms with van der Waals surface area (Å²) in [6.07, 6.45) is 3.07. The van der Waals surface area contributed by atoms with Gasteiger partial charge >= 0.3 is 0 Å². The number of aliphatic hydroxyl groups excluding tert-OH is 1. The fourth-order valence-corrected chi connectivity index (χ4v) is 4.28. The fraction of sp³-hybridized carbons (Fsp3) is 0.545. The van der Waals surface area contributed by atoms with Gasteiger partial charge in [0.25, 0.3) is 5.91 Å². The highest BCUT2D eigenvalue weighted by atomic mass is 16.5. The third-order valence-electron chi connectivity index (χ3n) is 5.95. The number of piperidine rings is 2. The van der Waals surface area contributed by atoms with Gasteiger partial charge in [0.15, 0.2) is 0 Å². The Balaban J connectivity index is 1.38. The molecule has 4 rings (SSSR count). The van der Waals surface area contributed by atoms with Gasteiger partial charge < -0.3 is 19.3 Å². The summed E-state index contributed by atoms with van der Waals surface area (Å²) in [7, 11) is 1.69. The van der Waals surface area contributed by atoms with Crippen LogP contribution in [0.5, 0.6) is 5.75 Å². The van der Waals surface area contributed by atoms with E-state index in [4.69, 9.17) is 9.26 Å². The molecule has 7 nitrogen and oxygen atoms in total. The van der Waals surface area contributed by atoms with Crippen molar-refractivity contribution in [3.05, 3.63) is 47.3 Å². The van der Waals surface area contributed by atoms with E-state index in [1.54, 1.807) is 12.0 Å². The van der Waals surface area contributed by atoms with Crippen molar-refractivity contribution in [1.29, 1.82) is 0 Å². The Morgan fingerprint density at radius 1 is 1.24 bits per heavy atom. The Labute approximate surface area is 171 Å². The van der Waals surface area contributed by atoms with Crippen LogP contribution < -0.4 is 4.74 Å². The van der Waals surface area contributed by atoms with E-state index < -0.39 is 0 Å². The molecule has 2 aliphatic heterocycles. The molecule has 0 radical (unpaired) electrons. The van der Waals surface area contributed by atoms with E-state index in [0.29, 0.717) is 31.7 Å². The molecule has 1 aromatic carbocycles. The highest BCUT2D eigenvalue weighted by Gasteiger charge is 2.28. The van der Waals surface area contributed by atoms with Crippen LogP contribution in [0, 0.1) is 0 Å². The standard InChI is InChI=1S/C22H29N3O4/c1-28-19-6-2-4-16(12-19)14-24-9-3-5-17(15-24)20-13-21(29-23-20)22(27)25-10-7-18(26)8-11-25/h2,4,6,12-13,17-18,26H,3,5,7-11,14-15H2,1H3/t17-/m0/s1. The number of hydrogen-bond donors (Lipinski definition) is 1. The van der Waals surface area contributed by atoms with Crippen molar-refractivity contribution in [2.75, 3.05) is 33.3 Å². The number of aromatic nitrogens is 1. The summed E-state index contributed by atoms with van der Waals surface area (Å²) in [6, 6.07) is 9.98. The largest absolute Gasteiger partial charge is 0.497 e. The molecule has 2 saturated heterocycles. The number of carbonyl (C=O) groups is 1. The molecule has 0 aliphatic carbocycles. The van der Waals surface area contributed by atoms with E-state index in [1.807, 2.05) is 18.2 Å². The lowest BCUT2D eigenvalue weighted by atomic mass is 9.94. The molecule has 0 bridgehead atoms. The molecular weight excluding hydrogens is 370 g/mol. The molecule has 2 aromatic rings. The van der Waals surface area contributed by atoms with Gasteiger partial charge in [-0.15, -0.1) is 0 Å². The van der Waals surface area contributed by atoms with E-state index in [-0.39, 0.29) is 17.9 Å². The molecule has 0 spiro atoms. The van der Waals surface area contributed by atoms with Crippen molar-refractivity contribution in [2.24, 2.45) is 0 Å². The average molecular weight is 399 g/mol. The number of rotatable bonds is 5. The Hall–Kier alpha value is -2.38. The third kappa shape index (κ3) is 4.79. The molecule has 1 N–H and O–H groups in total. The first-order valence-corrected chi connectivity index (χ1v) is 10.4. The number of hydrogen-bond acceptors (Lipinski definition) is 6. The zero-order valence-corrected chi connectivity index (χ0v) is 16.9. The van der Waals surface area contributed by atoms with Gasteiger partial charge in [0.1, 0.15) is 5.75 Å². The lowest BCUT2D eigenvalue weighted by Gasteiger charge is -2.31. The predicted octanol–water partition coefficient (Wildman–Crippen LogP) is 2.66. The van der Waals surface area contributed by atoms with Crippen molar-refractivity contribution in [2.45, 2.75) is 44.2 Å². The van der Waals surface area contributed by atoms with Gasteiger partial charge in [0.2, 0.25) is 5.76 Å². The Morgan fingerprint density at radius 3 is 2.86 bits per heavy atom. The van der Waals surface area contributed by atoms with Crippen molar-refractivity contribution >= 4 is 5.91 Å². The topological polar surface area (TPSA) is 79.0 Å². The third-order valence-corrected chi connectivity index (χ3v) is 5.95. The van der Waals surface area contributed by atoms with Crippen LogP contribution in [-0.4, -0.2) is 65.4 Å². The number of carbonyl (C=O) groups excluding carboxylic acids is 1. The maximum atomic E-state index is 12.7. The number of methoxy groups -OCH3 is 1. The summed E-state index contributed by atoms with van der Waals surface area (Å²) in [5, 5.41) is 13.8. The van der Waals surface area contributed by atoms with Gasteiger partial charge in [-0.3, -0.25) is 9.69 Å². The van der Waals surface area contributed by atoms with Crippen LogP contribution in [0.25, 0.3) is 0 Å². The minimum Gasteiger partial charge on any atom is -0.497 e. The summed E-state index contributed by atoms with van der Waals surface area (Å²) in [5.74, 6) is 1.32. The first kappa shape index (κ1) is 19.9. The predicted molar refractivity (Wildman–Crippen MR) is 108 cm³/mol. The number of likely N-dealkylation sites (tertiary alicyclic amines) is 2. The molecule has 0 saturated carbocycles. The molecule has 29 heavy (non-hydrogen) atoms. The van der Waals surface area contributed by atoms with E-state index in [0.717, 1.165) is 43.9 Å². The summed E-state index contributed by atoms with van der Waals surface area (Å²) >= 11 is 0. The second-order valence-electron chi connectivity index (χ2n) is 8.07. The van der Waals surface area contributed by atoms with Gasteiger partial charge in [-0.2, -0.15) is 0 Å². The molecular formula is C22H29N3O4. The monoisotopic (exact) mass is 399 g/mol. The molecule has 7 heteroatoms. The minimum atomic E-state index is -0.304. The second kappa shape index (κ2) is 8.97. The maximum Gasteiger partial charge on any atom is 0.292 e. The molecule has 0 unspecified atom stereocenters. The quantitative estimate of drug-likeness (QED) is 0.833. The number of benzene rings is 1. The van der Waals surface area contributed by atoms with Crippen molar-refractivity contribution in [3.8, 4) is 5.75 Å². The molecule has 156 valence electrons. The van der Waals surface area contributed by atoms with Crippen molar-refractivity contribution in [3.63, 3.8) is 0 Å². The lowest BCUT2D eigenvalue weighted by molar-refractivity contribution is 0.0512. The van der Waals surface area contributed by atoms with Crippen LogP contribution in [0.1, 0.15) is 53.4 Å². The van der Waals surface area contributed by atoms with Crippen LogP contribution in [0.3, 0.4) is 0 Å². The first-order chi connectivity index (χ1) is 14.1. The summed E-state index contributed by atoms with van der Waals surface area (Å²) in [5.41, 5.74) is 2.09. The molecule has 1 atom stereocenters. The zero-order valence-electron chi connectivity index (χ0n) is 16.9. The summed E-state index contributed by atoms with van der Waals surface area (Å²) in [4.78, 5) is 16.8. The van der Waals surface area contributed by atoms with E-state index in [1.165, 1.54) is 5.56 Å². The van der Waals surface area contributed by atoms with Crippen molar-refractivity contribution in [1.82, 2.24) is 15.0 Å². The van der Waals surface area contributed by atoms with E-state index >= 15 is 0 Å². The fourth-order valence-electron chi connectivity index (χ4n) is 4.28.